The third-order valence-corrected chi connectivity index (χ3v) is 2.34. The van der Waals surface area contributed by atoms with Crippen LogP contribution >= 0.6 is 0 Å². The molecule has 0 aliphatic carbocycles. The Kier molecular flexibility index (Phi) is 5.01. The lowest BCUT2D eigenvalue weighted by Gasteiger charge is -2.05. The van der Waals surface area contributed by atoms with E-state index in [4.69, 9.17) is 0 Å². The fourth-order valence-corrected chi connectivity index (χ4v) is 1.50. The van der Waals surface area contributed by atoms with Crippen LogP contribution in [0.1, 0.15) is 55.2 Å². The molecule has 0 bridgehead atoms. The highest BCUT2D eigenvalue weighted by Gasteiger charge is 2.20. The van der Waals surface area contributed by atoms with Gasteiger partial charge in [-0.2, -0.15) is 0 Å². The monoisotopic (exact) mass is 231 g/mol. The van der Waals surface area contributed by atoms with Crippen molar-refractivity contribution in [3.63, 3.8) is 0 Å². The van der Waals surface area contributed by atoms with Crippen molar-refractivity contribution < 1.29 is 13.6 Å². The molecule has 1 heterocycles. The van der Waals surface area contributed by atoms with E-state index in [0.717, 1.165) is 30.4 Å². The largest absolute Gasteiger partial charge is 0.296 e. The van der Waals surface area contributed by atoms with Crippen molar-refractivity contribution in [3.05, 3.63) is 11.4 Å². The zero-order valence-corrected chi connectivity index (χ0v) is 9.20. The van der Waals surface area contributed by atoms with E-state index in [-0.39, 0.29) is 11.4 Å². The van der Waals surface area contributed by atoms with Gasteiger partial charge >= 0.3 is 0 Å². The summed E-state index contributed by atoms with van der Waals surface area (Å²) in [6.07, 6.45) is 1.50. The van der Waals surface area contributed by atoms with Crippen LogP contribution in [-0.2, 0) is 6.54 Å². The third kappa shape index (κ3) is 3.08. The number of aldehydes is 1. The molecule has 16 heavy (non-hydrogen) atoms. The number of rotatable bonds is 7. The first-order chi connectivity index (χ1) is 7.70. The number of aryl methyl sites for hydroxylation is 1. The molecular formula is C10H15F2N3O. The van der Waals surface area contributed by atoms with Crippen LogP contribution in [0.2, 0.25) is 0 Å². The predicted molar refractivity (Wildman–Crippen MR) is 54.5 cm³/mol. The van der Waals surface area contributed by atoms with Gasteiger partial charge in [0.25, 0.3) is 6.43 Å². The van der Waals surface area contributed by atoms with Gasteiger partial charge in [-0.05, 0) is 6.42 Å². The quantitative estimate of drug-likeness (QED) is 0.535. The summed E-state index contributed by atoms with van der Waals surface area (Å²) in [5.74, 6) is 0. The van der Waals surface area contributed by atoms with Crippen molar-refractivity contribution in [1.29, 1.82) is 0 Å². The number of carbonyl (C=O) groups excluding carboxylic acids is 1. The second-order valence-electron chi connectivity index (χ2n) is 3.56. The average Bonchev–Trinajstić information content (AvgIpc) is 2.67. The third-order valence-electron chi connectivity index (χ3n) is 2.34. The van der Waals surface area contributed by atoms with Crippen LogP contribution in [0.4, 0.5) is 8.78 Å². The summed E-state index contributed by atoms with van der Waals surface area (Å²) in [7, 11) is 0. The summed E-state index contributed by atoms with van der Waals surface area (Å²) >= 11 is 0. The minimum absolute atomic E-state index is 0.259. The van der Waals surface area contributed by atoms with Crippen LogP contribution in [0, 0.1) is 0 Å². The maximum absolute atomic E-state index is 12.6. The van der Waals surface area contributed by atoms with Gasteiger partial charge in [0.05, 0.1) is 0 Å². The van der Waals surface area contributed by atoms with E-state index < -0.39 is 6.43 Å². The van der Waals surface area contributed by atoms with Crippen molar-refractivity contribution in [2.45, 2.75) is 45.6 Å². The van der Waals surface area contributed by atoms with Gasteiger partial charge in [-0.25, -0.2) is 13.5 Å². The zero-order valence-electron chi connectivity index (χ0n) is 9.20. The van der Waals surface area contributed by atoms with E-state index >= 15 is 0 Å². The molecule has 0 saturated heterocycles. The fraction of sp³-hybridized carbons (Fsp3) is 0.700. The molecule has 0 aliphatic heterocycles. The highest BCUT2D eigenvalue weighted by atomic mass is 19.3. The highest BCUT2D eigenvalue weighted by Crippen LogP contribution is 2.20. The molecule has 0 amide bonds. The molecule has 4 nitrogen and oxygen atoms in total. The molecule has 0 spiro atoms. The lowest BCUT2D eigenvalue weighted by molar-refractivity contribution is 0.109. The zero-order chi connectivity index (χ0) is 12.0. The molecule has 90 valence electrons. The van der Waals surface area contributed by atoms with Crippen LogP contribution in [0.15, 0.2) is 0 Å². The van der Waals surface area contributed by atoms with E-state index in [9.17, 15) is 13.6 Å². The van der Waals surface area contributed by atoms with Crippen LogP contribution in [-0.4, -0.2) is 21.3 Å². The molecule has 1 aromatic rings. The molecule has 0 radical (unpaired) electrons. The van der Waals surface area contributed by atoms with E-state index in [1.165, 1.54) is 0 Å². The first kappa shape index (κ1) is 12.7. The van der Waals surface area contributed by atoms with Crippen LogP contribution in [0.5, 0.6) is 0 Å². The Hall–Kier alpha value is -1.33. The van der Waals surface area contributed by atoms with Crippen LogP contribution in [0.3, 0.4) is 0 Å². The molecule has 0 N–H and O–H groups in total. The van der Waals surface area contributed by atoms with Gasteiger partial charge in [0.2, 0.25) is 0 Å². The normalized spacial score (nSPS) is 11.0. The highest BCUT2D eigenvalue weighted by molar-refractivity contribution is 5.73. The number of alkyl halides is 2. The summed E-state index contributed by atoms with van der Waals surface area (Å²) in [4.78, 5) is 10.5. The van der Waals surface area contributed by atoms with Gasteiger partial charge in [0, 0.05) is 6.54 Å². The van der Waals surface area contributed by atoms with Gasteiger partial charge in [-0.1, -0.05) is 31.4 Å². The minimum Gasteiger partial charge on any atom is -0.296 e. The van der Waals surface area contributed by atoms with Crippen LogP contribution < -0.4 is 0 Å². The van der Waals surface area contributed by atoms with Gasteiger partial charge in [-0.15, -0.1) is 5.10 Å². The Morgan fingerprint density at radius 2 is 2.12 bits per heavy atom. The lowest BCUT2D eigenvalue weighted by Crippen LogP contribution is -2.07. The Morgan fingerprint density at radius 1 is 1.38 bits per heavy atom. The maximum atomic E-state index is 12.6. The van der Waals surface area contributed by atoms with Gasteiger partial charge in [-0.3, -0.25) is 4.79 Å². The number of halogens is 2. The Balaban J connectivity index is 2.64. The first-order valence-corrected chi connectivity index (χ1v) is 5.37. The summed E-state index contributed by atoms with van der Waals surface area (Å²) in [6, 6.07) is 0. The molecule has 6 heteroatoms. The van der Waals surface area contributed by atoms with Crippen molar-refractivity contribution in [1.82, 2.24) is 15.0 Å². The molecule has 0 aliphatic rings. The Morgan fingerprint density at radius 3 is 2.69 bits per heavy atom. The number of hydrogen-bond donors (Lipinski definition) is 0. The number of nitrogens with zero attached hydrogens (tertiary/aromatic N) is 3. The minimum atomic E-state index is -2.71. The summed E-state index contributed by atoms with van der Waals surface area (Å²) in [5, 5.41) is 6.98. The summed E-state index contributed by atoms with van der Waals surface area (Å²) in [5.41, 5.74) is -0.628. The topological polar surface area (TPSA) is 47.8 Å². The van der Waals surface area contributed by atoms with Gasteiger partial charge in [0.1, 0.15) is 5.69 Å². The SMILES string of the molecule is CCCCCCn1nnc(C=O)c1C(F)F. The van der Waals surface area contributed by atoms with E-state index in [0.29, 0.717) is 12.8 Å². The molecule has 0 unspecified atom stereocenters. The Labute approximate surface area is 92.6 Å². The van der Waals surface area contributed by atoms with Crippen molar-refractivity contribution in [3.8, 4) is 0 Å². The van der Waals surface area contributed by atoms with Crippen molar-refractivity contribution >= 4 is 6.29 Å². The fourth-order valence-electron chi connectivity index (χ4n) is 1.50. The molecule has 0 saturated carbocycles. The lowest BCUT2D eigenvalue weighted by atomic mass is 10.2. The molecule has 0 aromatic carbocycles. The summed E-state index contributed by atoms with van der Waals surface area (Å²) in [6.45, 7) is 2.46. The molecule has 1 rings (SSSR count). The standard InChI is InChI=1S/C10H15F2N3O/c1-2-3-4-5-6-15-9(10(11)12)8(7-16)13-14-15/h7,10H,2-6H2,1H3. The predicted octanol–water partition coefficient (Wildman–Crippen LogP) is 2.61. The number of unbranched alkanes of at least 4 members (excludes halogenated alkanes) is 3. The van der Waals surface area contributed by atoms with Crippen molar-refractivity contribution in [2.24, 2.45) is 0 Å². The molecule has 0 fully saturated rings. The van der Waals surface area contributed by atoms with E-state index in [1.54, 1.807) is 0 Å². The molecule has 1 aromatic heterocycles. The Bertz CT molecular complexity index is 339. The molecular weight excluding hydrogens is 216 g/mol. The number of hydrogen-bond acceptors (Lipinski definition) is 3. The average molecular weight is 231 g/mol. The summed E-state index contributed by atoms with van der Waals surface area (Å²) < 4.78 is 26.4. The number of aromatic nitrogens is 3. The van der Waals surface area contributed by atoms with E-state index in [2.05, 4.69) is 17.2 Å². The second-order valence-corrected chi connectivity index (χ2v) is 3.56. The second kappa shape index (κ2) is 6.30. The van der Waals surface area contributed by atoms with Crippen LogP contribution in [0.25, 0.3) is 0 Å². The molecule has 0 atom stereocenters. The van der Waals surface area contributed by atoms with E-state index in [1.807, 2.05) is 0 Å². The number of carbonyl (C=O) groups is 1. The van der Waals surface area contributed by atoms with Gasteiger partial charge in [0.15, 0.2) is 12.0 Å². The smallest absolute Gasteiger partial charge is 0.282 e. The van der Waals surface area contributed by atoms with Gasteiger partial charge < -0.3 is 0 Å². The first-order valence-electron chi connectivity index (χ1n) is 5.37. The van der Waals surface area contributed by atoms with Crippen molar-refractivity contribution in [2.75, 3.05) is 0 Å². The maximum Gasteiger partial charge on any atom is 0.282 e.